The lowest BCUT2D eigenvalue weighted by atomic mass is 11.3. The number of nitrogens with zero attached hydrogens (tertiary/aromatic N) is 1. The fourth-order valence-electron chi connectivity index (χ4n) is 0.274. The van der Waals surface area contributed by atoms with E-state index in [0.29, 0.717) is 0 Å². The maximum absolute atomic E-state index is 8.92. The molecule has 0 aliphatic rings. The summed E-state index contributed by atoms with van der Waals surface area (Å²) in [5.41, 5.74) is 0. The van der Waals surface area contributed by atoms with E-state index in [1.807, 2.05) is 0 Å². The van der Waals surface area contributed by atoms with Gasteiger partial charge in [-0.3, -0.25) is 0 Å². The first-order chi connectivity index (χ1) is 4.18. The highest BCUT2D eigenvalue weighted by Crippen LogP contribution is 1.99. The molecular formula is C3H11N2O4+. The molecule has 0 unspecified atom stereocenters. The van der Waals surface area contributed by atoms with Crippen LogP contribution in [0, 0.1) is 0 Å². The van der Waals surface area contributed by atoms with Crippen LogP contribution in [0.25, 0.3) is 0 Å². The van der Waals surface area contributed by atoms with Crippen LogP contribution >= 0.6 is 0 Å². The highest BCUT2D eigenvalue weighted by Gasteiger charge is 2.26. The molecule has 0 saturated heterocycles. The molecule has 0 amide bonds. The number of hydroxylamine groups is 3. The van der Waals surface area contributed by atoms with Gasteiger partial charge in [-0.05, 0) is 0 Å². The van der Waals surface area contributed by atoms with Crippen LogP contribution < -0.4 is 5.90 Å². The maximum Gasteiger partial charge on any atom is 0.295 e. The van der Waals surface area contributed by atoms with Crippen LogP contribution in [0.1, 0.15) is 0 Å². The Labute approximate surface area is 52.7 Å². The number of rotatable bonds is 4. The summed E-state index contributed by atoms with van der Waals surface area (Å²) in [6, 6.07) is 0. The predicted octanol–water partition coefficient (Wildman–Crippen LogP) is -0.837. The first kappa shape index (κ1) is 8.76. The largest absolute Gasteiger partial charge is 0.295 e. The zero-order chi connectivity index (χ0) is 7.33. The van der Waals surface area contributed by atoms with Crippen LogP contribution in [-0.2, 0) is 14.5 Å². The first-order valence-corrected chi connectivity index (χ1v) is 2.22. The number of quaternary nitrogens is 1. The molecule has 9 heavy (non-hydrogen) atoms. The second kappa shape index (κ2) is 3.72. The van der Waals surface area contributed by atoms with Crippen molar-refractivity contribution in [1.82, 2.24) is 0 Å². The van der Waals surface area contributed by atoms with Crippen molar-refractivity contribution in [1.29, 1.82) is 0 Å². The van der Waals surface area contributed by atoms with Gasteiger partial charge < -0.3 is 0 Å². The molecule has 0 aromatic rings. The van der Waals surface area contributed by atoms with Gasteiger partial charge in [-0.2, -0.15) is 0 Å². The molecule has 56 valence electrons. The summed E-state index contributed by atoms with van der Waals surface area (Å²) >= 11 is 0. The van der Waals surface area contributed by atoms with Crippen molar-refractivity contribution in [3.63, 3.8) is 0 Å². The smallest absolute Gasteiger partial charge is 0.239 e. The molecule has 0 fully saturated rings. The summed E-state index contributed by atoms with van der Waals surface area (Å²) in [5, 5.41) is 8.92. The SMILES string of the molecule is CO[N+](O)(CON)OC. The summed E-state index contributed by atoms with van der Waals surface area (Å²) < 4.78 is 0. The molecule has 0 aromatic carbocycles. The molecule has 0 atom stereocenters. The topological polar surface area (TPSA) is 73.9 Å². The molecule has 0 bridgehead atoms. The van der Waals surface area contributed by atoms with Crippen molar-refractivity contribution in [2.45, 2.75) is 0 Å². The molecule has 0 aliphatic carbocycles. The molecule has 0 aromatic heterocycles. The minimum Gasteiger partial charge on any atom is -0.239 e. The fourth-order valence-corrected chi connectivity index (χ4v) is 0.274. The third kappa shape index (κ3) is 2.70. The minimum absolute atomic E-state index is 0.285. The third-order valence-electron chi connectivity index (χ3n) is 0.808. The average molecular weight is 139 g/mol. The first-order valence-electron chi connectivity index (χ1n) is 2.22. The zero-order valence-electron chi connectivity index (χ0n) is 5.40. The fraction of sp³-hybridized carbons (Fsp3) is 1.00. The van der Waals surface area contributed by atoms with Crippen molar-refractivity contribution >= 4 is 0 Å². The van der Waals surface area contributed by atoms with Gasteiger partial charge in [0.2, 0.25) is 0 Å². The van der Waals surface area contributed by atoms with Crippen LogP contribution in [0.4, 0.5) is 0 Å². The number of nitrogens with two attached hydrogens (primary N) is 1. The molecule has 3 N–H and O–H groups in total. The molecule has 0 saturated carbocycles. The van der Waals surface area contributed by atoms with E-state index >= 15 is 0 Å². The van der Waals surface area contributed by atoms with Gasteiger partial charge in [0, 0.05) is 0 Å². The van der Waals surface area contributed by atoms with E-state index in [1.54, 1.807) is 0 Å². The summed E-state index contributed by atoms with van der Waals surface area (Å²) in [6.45, 7) is -0.285. The van der Waals surface area contributed by atoms with Gasteiger partial charge >= 0.3 is 0 Å². The quantitative estimate of drug-likeness (QED) is 0.302. The van der Waals surface area contributed by atoms with Gasteiger partial charge in [0.15, 0.2) is 0 Å². The summed E-state index contributed by atoms with van der Waals surface area (Å²) in [4.78, 5) is 11.7. The van der Waals surface area contributed by atoms with Gasteiger partial charge in [-0.25, -0.2) is 10.7 Å². The van der Waals surface area contributed by atoms with E-state index in [1.165, 1.54) is 14.2 Å². The van der Waals surface area contributed by atoms with Crippen molar-refractivity contribution in [2.24, 2.45) is 5.90 Å². The van der Waals surface area contributed by atoms with E-state index in [4.69, 9.17) is 5.21 Å². The minimum atomic E-state index is -1.11. The lowest BCUT2D eigenvalue weighted by molar-refractivity contribution is -1.37. The highest BCUT2D eigenvalue weighted by atomic mass is 17.2. The maximum atomic E-state index is 8.92. The Morgan fingerprint density at radius 3 is 2.00 bits per heavy atom. The monoisotopic (exact) mass is 139 g/mol. The van der Waals surface area contributed by atoms with Gasteiger partial charge in [0.25, 0.3) is 6.73 Å². The summed E-state index contributed by atoms with van der Waals surface area (Å²) in [5.74, 6) is 4.63. The molecule has 0 aliphatic heterocycles. The van der Waals surface area contributed by atoms with Crippen molar-refractivity contribution in [2.75, 3.05) is 21.0 Å². The second-order valence-electron chi connectivity index (χ2n) is 1.30. The van der Waals surface area contributed by atoms with E-state index in [0.717, 1.165) is 0 Å². The molecule has 0 rings (SSSR count). The van der Waals surface area contributed by atoms with E-state index in [9.17, 15) is 0 Å². The van der Waals surface area contributed by atoms with E-state index in [-0.39, 0.29) is 6.73 Å². The van der Waals surface area contributed by atoms with Crippen LogP contribution in [-0.4, -0.2) is 31.1 Å². The Kier molecular flexibility index (Phi) is 3.62. The van der Waals surface area contributed by atoms with E-state index < -0.39 is 4.97 Å². The van der Waals surface area contributed by atoms with Gasteiger partial charge in [0.05, 0.1) is 0 Å². The molecule has 6 nitrogen and oxygen atoms in total. The van der Waals surface area contributed by atoms with Crippen LogP contribution in [0.3, 0.4) is 0 Å². The van der Waals surface area contributed by atoms with Crippen molar-refractivity contribution < 1.29 is 24.7 Å². The molecule has 6 heteroatoms. The molecule has 0 heterocycles. The molecular weight excluding hydrogens is 128 g/mol. The lowest BCUT2D eigenvalue weighted by Gasteiger charge is -2.18. The normalized spacial score (nSPS) is 12.0. The Hall–Kier alpha value is -0.240. The third-order valence-corrected chi connectivity index (χ3v) is 0.808. The Balaban J connectivity index is 3.62. The molecule has 0 spiro atoms. The van der Waals surface area contributed by atoms with Gasteiger partial charge in [-0.15, -0.1) is 14.9 Å². The van der Waals surface area contributed by atoms with Gasteiger partial charge in [-0.1, -0.05) is 0 Å². The van der Waals surface area contributed by atoms with Crippen LogP contribution in [0.5, 0.6) is 0 Å². The summed E-state index contributed by atoms with van der Waals surface area (Å²) in [7, 11) is 2.50. The van der Waals surface area contributed by atoms with Gasteiger partial charge in [0.1, 0.15) is 19.2 Å². The standard InChI is InChI=1S/C3H11N2O4/c1-7-5(6,8-2)3-9-4/h6H,3-4H2,1-2H3/q+1. The predicted molar refractivity (Wildman–Crippen MR) is 26.2 cm³/mol. The van der Waals surface area contributed by atoms with Crippen LogP contribution in [0.2, 0.25) is 0 Å². The number of hydrogen-bond donors (Lipinski definition) is 2. The Morgan fingerprint density at radius 1 is 1.44 bits per heavy atom. The Bertz CT molecular complexity index is 74.2. The van der Waals surface area contributed by atoms with Crippen molar-refractivity contribution in [3.8, 4) is 0 Å². The van der Waals surface area contributed by atoms with Crippen molar-refractivity contribution in [3.05, 3.63) is 0 Å². The lowest BCUT2D eigenvalue weighted by Crippen LogP contribution is -2.44. The average Bonchev–Trinajstić information content (AvgIpc) is 1.89. The highest BCUT2D eigenvalue weighted by molar-refractivity contribution is 3.76. The molecule has 0 radical (unpaired) electrons. The Morgan fingerprint density at radius 2 is 1.89 bits per heavy atom. The summed E-state index contributed by atoms with van der Waals surface area (Å²) in [6.07, 6.45) is 0. The van der Waals surface area contributed by atoms with E-state index in [2.05, 4.69) is 20.4 Å². The van der Waals surface area contributed by atoms with Crippen LogP contribution in [0.15, 0.2) is 0 Å². The number of hydrogen-bond acceptors (Lipinski definition) is 5. The zero-order valence-corrected chi connectivity index (χ0v) is 5.40. The second-order valence-corrected chi connectivity index (χ2v) is 1.30.